The van der Waals surface area contributed by atoms with Crippen molar-refractivity contribution in [2.75, 3.05) is 19.8 Å². The third kappa shape index (κ3) is 8.91. The molecule has 5 aliphatic carbocycles. The molecule has 4 saturated carbocycles. The van der Waals surface area contributed by atoms with E-state index in [9.17, 15) is 24.9 Å². The van der Waals surface area contributed by atoms with Crippen LogP contribution in [-0.4, -0.2) is 109 Å². The van der Waals surface area contributed by atoms with Gasteiger partial charge in [0, 0.05) is 5.92 Å². The number of hydrogen-bond donors (Lipinski definition) is 3. The predicted molar refractivity (Wildman–Crippen MR) is 268 cm³/mol. The molecule has 8 unspecified atom stereocenters. The summed E-state index contributed by atoms with van der Waals surface area (Å²) in [7, 11) is 0. The van der Waals surface area contributed by atoms with E-state index >= 15 is 0 Å². The van der Waals surface area contributed by atoms with E-state index in [0.29, 0.717) is 37.9 Å². The smallest absolute Gasteiger partial charge is 0.186 e. The summed E-state index contributed by atoms with van der Waals surface area (Å²) < 4.78 is 46.5. The number of hydrogen-bond acceptors (Lipinski definition) is 12. The predicted octanol–water partition coefficient (Wildman–Crippen LogP) is 9.24. The zero-order valence-electron chi connectivity index (χ0n) is 45.1. The molecular weight excluding hydrogens is 901 g/mol. The summed E-state index contributed by atoms with van der Waals surface area (Å²) in [5.74, 6) is 0.702. The van der Waals surface area contributed by atoms with Gasteiger partial charge in [-0.25, -0.2) is 0 Å². The molecule has 1 aromatic rings. The van der Waals surface area contributed by atoms with Crippen molar-refractivity contribution in [3.63, 3.8) is 0 Å². The molecule has 3 heterocycles. The molecule has 9 rings (SSSR count). The lowest BCUT2D eigenvalue weighted by Gasteiger charge is -2.71. The quantitative estimate of drug-likeness (QED) is 0.104. The van der Waals surface area contributed by atoms with Gasteiger partial charge in [0.05, 0.1) is 55.6 Å². The van der Waals surface area contributed by atoms with Crippen LogP contribution < -0.4 is 0 Å². The van der Waals surface area contributed by atoms with Crippen molar-refractivity contribution < 1.29 is 58.1 Å². The fraction of sp³-hybridized carbons (Fsp3) is 0.831. The number of aliphatic hydroxyl groups excluding tert-OH is 3. The molecule has 12 nitrogen and oxygen atoms in total. The fourth-order valence-corrected chi connectivity index (χ4v) is 16.7. The van der Waals surface area contributed by atoms with E-state index in [1.54, 1.807) is 6.92 Å². The number of allylic oxidation sites excluding steroid dienone is 2. The molecule has 1 aromatic carbocycles. The summed E-state index contributed by atoms with van der Waals surface area (Å²) in [6.07, 6.45) is 2.00. The highest BCUT2D eigenvalue weighted by molar-refractivity contribution is 5.84. The van der Waals surface area contributed by atoms with Gasteiger partial charge in [-0.1, -0.05) is 118 Å². The zero-order valence-corrected chi connectivity index (χ0v) is 45.1. The molecule has 0 aromatic heterocycles. The maximum atomic E-state index is 14.0. The maximum absolute atomic E-state index is 14.0. The molecule has 0 amide bonds. The van der Waals surface area contributed by atoms with Crippen LogP contribution in [-0.2, 0) is 49.4 Å². The first-order chi connectivity index (χ1) is 33.5. The van der Waals surface area contributed by atoms with Crippen LogP contribution in [0.1, 0.15) is 146 Å². The number of rotatable bonds is 12. The number of carbonyl (C=O) groups is 2. The minimum atomic E-state index is -1.13. The number of ketones is 1. The second kappa shape index (κ2) is 19.8. The standard InChI is InChI=1S/C59H90O12/c1-33-28-66-51(37(5)34(33)2)70-49-42(62)30-67-53(50(49)71-52-48(64)36(4)35(3)43(68-52)31-65-29-39-16-14-13-15-17-39)69-47-21-22-55(9)44(56(47,10)32-60)20-23-57(11)45(55)19-18-40-41-26-54(7,8)24-25-59(41,38(6)61)46(63)27-58(40,57)12/h13-18,32-37,41-53,62-64H,19-31H2,1-12H3/t33-,34+,35-,36+,37?,41?,42-,43?,44-,45?,46?,47+,48?,49+,50?,51+,52+,53+,55?,56-,57+,58-,59-/m1/s1. The average Bonchev–Trinajstić information content (AvgIpc) is 3.32. The number of aldehydes is 1. The van der Waals surface area contributed by atoms with Crippen molar-refractivity contribution in [2.45, 2.75) is 209 Å². The zero-order chi connectivity index (χ0) is 51.2. The molecule has 71 heavy (non-hydrogen) atoms. The van der Waals surface area contributed by atoms with Gasteiger partial charge in [-0.3, -0.25) is 4.79 Å². The summed E-state index contributed by atoms with van der Waals surface area (Å²) >= 11 is 0. The van der Waals surface area contributed by atoms with E-state index in [1.807, 2.05) is 37.3 Å². The van der Waals surface area contributed by atoms with Crippen molar-refractivity contribution in [1.29, 1.82) is 0 Å². The molecule has 398 valence electrons. The Balaban J connectivity index is 0.991. The van der Waals surface area contributed by atoms with E-state index in [-0.39, 0.29) is 76.2 Å². The van der Waals surface area contributed by atoms with E-state index in [1.165, 1.54) is 5.57 Å². The number of benzene rings is 1. The van der Waals surface area contributed by atoms with Gasteiger partial charge in [-0.2, -0.15) is 0 Å². The van der Waals surface area contributed by atoms with Gasteiger partial charge in [-0.05, 0) is 133 Å². The average molecular weight is 991 g/mol. The van der Waals surface area contributed by atoms with Gasteiger partial charge in [0.1, 0.15) is 36.5 Å². The van der Waals surface area contributed by atoms with Gasteiger partial charge in [0.25, 0.3) is 0 Å². The Morgan fingerprint density at radius 1 is 0.761 bits per heavy atom. The molecule has 3 aliphatic heterocycles. The molecule has 3 N–H and O–H groups in total. The molecule has 8 aliphatic rings. The van der Waals surface area contributed by atoms with Crippen LogP contribution in [0.15, 0.2) is 42.0 Å². The SMILES string of the molecule is CC(=O)[C@]12CCC(C)(C)CC1C1=CCC3C4(C)CC[C@H](O[C@@H]5OC[C@@H](O)[C@H](O[C@@H]6OC[C@@H](C)[C@H](C)C6C)C5O[C@@H]5OC(COCc6ccccc6)[C@H](C)[C@H](C)C5O)[C@](C)(C=O)[C@@H]4CC[C@]3(C)[C@]1(C)CC2O. The third-order valence-electron chi connectivity index (χ3n) is 22.1. The molecule has 0 radical (unpaired) electrons. The second-order valence-electron chi connectivity index (χ2n) is 26.3. The first kappa shape index (κ1) is 53.7. The number of ether oxygens (including phenoxy) is 7. The lowest BCUT2D eigenvalue weighted by Crippen LogP contribution is -2.68. The van der Waals surface area contributed by atoms with Gasteiger partial charge >= 0.3 is 0 Å². The molecule has 0 spiro atoms. The highest BCUT2D eigenvalue weighted by atomic mass is 16.8. The van der Waals surface area contributed by atoms with E-state index < -0.39 is 72.4 Å². The largest absolute Gasteiger partial charge is 0.392 e. The molecule has 23 atom stereocenters. The Morgan fingerprint density at radius 2 is 1.46 bits per heavy atom. The summed E-state index contributed by atoms with van der Waals surface area (Å²) in [6, 6.07) is 9.98. The Hall–Kier alpha value is -2.10. The molecule has 0 bridgehead atoms. The van der Waals surface area contributed by atoms with Gasteiger partial charge < -0.3 is 53.3 Å². The number of Topliss-reactive ketones (excluding diaryl/α,β-unsaturated/α-hetero) is 1. The van der Waals surface area contributed by atoms with Crippen LogP contribution >= 0.6 is 0 Å². The molecule has 3 saturated heterocycles. The monoisotopic (exact) mass is 991 g/mol. The summed E-state index contributed by atoms with van der Waals surface area (Å²) in [6.45, 7) is 27.3. The van der Waals surface area contributed by atoms with Crippen molar-refractivity contribution in [2.24, 2.45) is 79.8 Å². The highest BCUT2D eigenvalue weighted by Crippen LogP contribution is 2.76. The van der Waals surface area contributed by atoms with E-state index in [4.69, 9.17) is 33.2 Å². The summed E-state index contributed by atoms with van der Waals surface area (Å²) in [5, 5.41) is 36.0. The topological polar surface area (TPSA) is 159 Å². The molecular formula is C59H90O12. The molecule has 12 heteroatoms. The normalized spacial score (nSPS) is 50.6. The van der Waals surface area contributed by atoms with Gasteiger partial charge in [-0.15, -0.1) is 0 Å². The Bertz CT molecular complexity index is 2100. The van der Waals surface area contributed by atoms with Crippen molar-refractivity contribution in [3.05, 3.63) is 47.5 Å². The van der Waals surface area contributed by atoms with Crippen LogP contribution in [0.2, 0.25) is 0 Å². The van der Waals surface area contributed by atoms with Crippen LogP contribution in [0.4, 0.5) is 0 Å². The van der Waals surface area contributed by atoms with Crippen LogP contribution in [0.5, 0.6) is 0 Å². The minimum absolute atomic E-state index is 0.00704. The van der Waals surface area contributed by atoms with Crippen LogP contribution in [0, 0.1) is 79.8 Å². The third-order valence-corrected chi connectivity index (χ3v) is 22.1. The van der Waals surface area contributed by atoms with Gasteiger partial charge in [0.2, 0.25) is 0 Å². The summed E-state index contributed by atoms with van der Waals surface area (Å²) in [5.41, 5.74) is 0.127. The first-order valence-corrected chi connectivity index (χ1v) is 27.6. The van der Waals surface area contributed by atoms with Crippen LogP contribution in [0.3, 0.4) is 0 Å². The second-order valence-corrected chi connectivity index (χ2v) is 26.3. The Kier molecular flexibility index (Phi) is 15.0. The number of fused-ring (bicyclic) bond motifs is 7. The maximum Gasteiger partial charge on any atom is 0.186 e. The van der Waals surface area contributed by atoms with Gasteiger partial charge in [0.15, 0.2) is 18.9 Å². The van der Waals surface area contributed by atoms with Crippen molar-refractivity contribution in [3.8, 4) is 0 Å². The van der Waals surface area contributed by atoms with E-state index in [0.717, 1.165) is 56.8 Å². The summed E-state index contributed by atoms with van der Waals surface area (Å²) in [4.78, 5) is 27.8. The Morgan fingerprint density at radius 3 is 2.17 bits per heavy atom. The lowest BCUT2D eigenvalue weighted by molar-refractivity contribution is -0.376. The lowest BCUT2D eigenvalue weighted by atomic mass is 9.33. The van der Waals surface area contributed by atoms with Crippen molar-refractivity contribution >= 4 is 12.1 Å². The van der Waals surface area contributed by atoms with E-state index in [2.05, 4.69) is 75.3 Å². The van der Waals surface area contributed by atoms with Crippen LogP contribution in [0.25, 0.3) is 0 Å². The highest BCUT2D eigenvalue weighted by Gasteiger charge is 2.71. The minimum Gasteiger partial charge on any atom is -0.392 e. The van der Waals surface area contributed by atoms with Crippen molar-refractivity contribution in [1.82, 2.24) is 0 Å². The molecule has 7 fully saturated rings. The number of carbonyl (C=O) groups excluding carboxylic acids is 2. The fourth-order valence-electron chi connectivity index (χ4n) is 16.7. The Labute approximate surface area is 425 Å². The first-order valence-electron chi connectivity index (χ1n) is 27.6. The number of aliphatic hydroxyl groups is 3.